The number of amides is 2. The zero-order valence-corrected chi connectivity index (χ0v) is 12.6. The molecule has 4 nitrogen and oxygen atoms in total. The van der Waals surface area contributed by atoms with Gasteiger partial charge in [0, 0.05) is 10.9 Å². The predicted molar refractivity (Wildman–Crippen MR) is 85.6 cm³/mol. The summed E-state index contributed by atoms with van der Waals surface area (Å²) in [5.74, 6) is -1.78. The van der Waals surface area contributed by atoms with Gasteiger partial charge in [0.05, 0.1) is 5.69 Å². The van der Waals surface area contributed by atoms with Crippen LogP contribution in [0.1, 0.15) is 0 Å². The van der Waals surface area contributed by atoms with Crippen LogP contribution in [0.3, 0.4) is 0 Å². The molecule has 0 saturated heterocycles. The highest BCUT2D eigenvalue weighted by Gasteiger charge is 2.25. The van der Waals surface area contributed by atoms with Crippen LogP contribution in [0.2, 0.25) is 0 Å². The number of rotatable bonds is 3. The molecule has 0 fully saturated rings. The summed E-state index contributed by atoms with van der Waals surface area (Å²) in [6, 6.07) is 11.6. The van der Waals surface area contributed by atoms with E-state index in [9.17, 15) is 13.6 Å². The van der Waals surface area contributed by atoms with Crippen LogP contribution in [0, 0.1) is 11.6 Å². The third-order valence-corrected chi connectivity index (χ3v) is 3.96. The molecule has 0 spiro atoms. The summed E-state index contributed by atoms with van der Waals surface area (Å²) in [6.45, 7) is 0. The first-order valence-electron chi connectivity index (χ1n) is 6.62. The summed E-state index contributed by atoms with van der Waals surface area (Å²) in [5.41, 5.74) is 6.19. The Labute approximate surface area is 134 Å². The number of hydrogen-bond acceptors (Lipinski definition) is 3. The number of carbonyl (C=O) groups excluding carboxylic acids is 1. The van der Waals surface area contributed by atoms with Crippen molar-refractivity contribution < 1.29 is 13.6 Å². The van der Waals surface area contributed by atoms with E-state index in [4.69, 9.17) is 5.73 Å². The van der Waals surface area contributed by atoms with E-state index in [-0.39, 0.29) is 5.13 Å². The molecule has 1 heterocycles. The van der Waals surface area contributed by atoms with Crippen molar-refractivity contribution in [2.45, 2.75) is 0 Å². The number of aromatic nitrogens is 1. The molecule has 0 bridgehead atoms. The van der Waals surface area contributed by atoms with Crippen molar-refractivity contribution in [1.29, 1.82) is 0 Å². The van der Waals surface area contributed by atoms with Crippen LogP contribution in [0.5, 0.6) is 0 Å². The highest BCUT2D eigenvalue weighted by atomic mass is 32.1. The van der Waals surface area contributed by atoms with Crippen LogP contribution in [-0.4, -0.2) is 11.0 Å². The lowest BCUT2D eigenvalue weighted by atomic mass is 10.2. The molecule has 0 aliphatic carbocycles. The Morgan fingerprint density at radius 3 is 2.30 bits per heavy atom. The Morgan fingerprint density at radius 1 is 1.04 bits per heavy atom. The lowest BCUT2D eigenvalue weighted by molar-refractivity contribution is 0.255. The zero-order valence-electron chi connectivity index (χ0n) is 11.7. The van der Waals surface area contributed by atoms with E-state index in [2.05, 4.69) is 4.98 Å². The maximum Gasteiger partial charge on any atom is 0.325 e. The molecule has 2 aromatic carbocycles. The minimum atomic E-state index is -1.01. The average molecular weight is 331 g/mol. The SMILES string of the molecule is NC(=O)N(c1nc(-c2ccccc2)cs1)c1c(F)cccc1F. The quantitative estimate of drug-likeness (QED) is 0.777. The van der Waals surface area contributed by atoms with E-state index in [1.54, 1.807) is 5.38 Å². The van der Waals surface area contributed by atoms with Gasteiger partial charge in [-0.15, -0.1) is 11.3 Å². The lowest BCUT2D eigenvalue weighted by Crippen LogP contribution is -2.32. The Balaban J connectivity index is 2.07. The number of nitrogens with two attached hydrogens (primary N) is 1. The molecule has 7 heteroatoms. The fraction of sp³-hybridized carbons (Fsp3) is 0. The Hall–Kier alpha value is -2.80. The summed E-state index contributed by atoms with van der Waals surface area (Å²) >= 11 is 1.07. The predicted octanol–water partition coefficient (Wildman–Crippen LogP) is 4.31. The van der Waals surface area contributed by atoms with Crippen LogP contribution in [0.4, 0.5) is 24.4 Å². The van der Waals surface area contributed by atoms with Gasteiger partial charge in [-0.1, -0.05) is 36.4 Å². The number of benzene rings is 2. The molecule has 0 saturated carbocycles. The van der Waals surface area contributed by atoms with Crippen molar-refractivity contribution in [3.63, 3.8) is 0 Å². The van der Waals surface area contributed by atoms with Gasteiger partial charge in [0.25, 0.3) is 0 Å². The van der Waals surface area contributed by atoms with E-state index < -0.39 is 23.4 Å². The maximum absolute atomic E-state index is 14.0. The molecule has 2 amide bonds. The molecule has 0 unspecified atom stereocenters. The second kappa shape index (κ2) is 6.13. The Bertz CT molecular complexity index is 831. The molecule has 2 N–H and O–H groups in total. The first kappa shape index (κ1) is 15.1. The van der Waals surface area contributed by atoms with E-state index >= 15 is 0 Å². The van der Waals surface area contributed by atoms with Gasteiger partial charge >= 0.3 is 6.03 Å². The van der Waals surface area contributed by atoms with E-state index in [0.717, 1.165) is 33.9 Å². The molecule has 3 rings (SSSR count). The van der Waals surface area contributed by atoms with Crippen molar-refractivity contribution in [3.8, 4) is 11.3 Å². The Kier molecular flexibility index (Phi) is 4.03. The molecule has 3 aromatic rings. The van der Waals surface area contributed by atoms with Gasteiger partial charge in [-0.25, -0.2) is 23.5 Å². The van der Waals surface area contributed by atoms with Gasteiger partial charge in [0.1, 0.15) is 17.3 Å². The Morgan fingerprint density at radius 2 is 1.70 bits per heavy atom. The number of halogens is 2. The monoisotopic (exact) mass is 331 g/mol. The second-order valence-electron chi connectivity index (χ2n) is 4.63. The average Bonchev–Trinajstić information content (AvgIpc) is 3.01. The van der Waals surface area contributed by atoms with Crippen molar-refractivity contribution >= 4 is 28.2 Å². The van der Waals surface area contributed by atoms with Crippen molar-refractivity contribution in [2.24, 2.45) is 5.73 Å². The molecule has 116 valence electrons. The van der Waals surface area contributed by atoms with Gasteiger partial charge in [-0.05, 0) is 12.1 Å². The minimum Gasteiger partial charge on any atom is -0.351 e. The van der Waals surface area contributed by atoms with Gasteiger partial charge < -0.3 is 5.73 Å². The number of carbonyl (C=O) groups is 1. The van der Waals surface area contributed by atoms with Gasteiger partial charge in [0.15, 0.2) is 5.13 Å². The molecular formula is C16H11F2N3OS. The topological polar surface area (TPSA) is 59.2 Å². The van der Waals surface area contributed by atoms with Crippen molar-refractivity contribution in [2.75, 3.05) is 4.90 Å². The van der Waals surface area contributed by atoms with Gasteiger partial charge in [-0.2, -0.15) is 0 Å². The highest BCUT2D eigenvalue weighted by molar-refractivity contribution is 7.14. The molecule has 0 aliphatic heterocycles. The third-order valence-electron chi connectivity index (χ3n) is 3.13. The largest absolute Gasteiger partial charge is 0.351 e. The summed E-state index contributed by atoms with van der Waals surface area (Å²) in [7, 11) is 0. The number of anilines is 2. The first-order valence-corrected chi connectivity index (χ1v) is 7.50. The molecule has 1 aromatic heterocycles. The third kappa shape index (κ3) is 2.91. The van der Waals surface area contributed by atoms with Crippen LogP contribution in [-0.2, 0) is 0 Å². The first-order chi connectivity index (χ1) is 11.1. The number of urea groups is 1. The summed E-state index contributed by atoms with van der Waals surface area (Å²) in [6.07, 6.45) is 0. The van der Waals surface area contributed by atoms with E-state index in [0.29, 0.717) is 5.69 Å². The van der Waals surface area contributed by atoms with Crippen LogP contribution < -0.4 is 10.6 Å². The van der Waals surface area contributed by atoms with Gasteiger partial charge in [-0.3, -0.25) is 0 Å². The highest BCUT2D eigenvalue weighted by Crippen LogP contribution is 2.34. The summed E-state index contributed by atoms with van der Waals surface area (Å²) in [4.78, 5) is 16.7. The minimum absolute atomic E-state index is 0.0975. The maximum atomic E-state index is 14.0. The summed E-state index contributed by atoms with van der Waals surface area (Å²) < 4.78 is 27.9. The second-order valence-corrected chi connectivity index (χ2v) is 5.46. The molecule has 0 radical (unpaired) electrons. The molecule has 23 heavy (non-hydrogen) atoms. The fourth-order valence-corrected chi connectivity index (χ4v) is 2.95. The molecule has 0 atom stereocenters. The van der Waals surface area contributed by atoms with E-state index in [1.165, 1.54) is 6.07 Å². The number of thiazole rings is 1. The van der Waals surface area contributed by atoms with Crippen LogP contribution in [0.25, 0.3) is 11.3 Å². The molecular weight excluding hydrogens is 320 g/mol. The van der Waals surface area contributed by atoms with Crippen LogP contribution in [0.15, 0.2) is 53.9 Å². The van der Waals surface area contributed by atoms with E-state index in [1.807, 2.05) is 30.3 Å². The number of para-hydroxylation sites is 1. The zero-order chi connectivity index (χ0) is 16.4. The number of primary amides is 1. The van der Waals surface area contributed by atoms with Crippen LogP contribution >= 0.6 is 11.3 Å². The summed E-state index contributed by atoms with van der Waals surface area (Å²) in [5, 5.41) is 1.79. The lowest BCUT2D eigenvalue weighted by Gasteiger charge is -2.18. The standard InChI is InChI=1S/C16H11F2N3OS/c17-11-7-4-8-12(18)14(11)21(15(19)22)16-20-13(9-23-16)10-5-2-1-3-6-10/h1-9H,(H2,19,22). The van der Waals surface area contributed by atoms with Gasteiger partial charge in [0.2, 0.25) is 0 Å². The number of nitrogens with zero attached hydrogens (tertiary/aromatic N) is 2. The van der Waals surface area contributed by atoms with Crippen molar-refractivity contribution in [1.82, 2.24) is 4.98 Å². The normalized spacial score (nSPS) is 10.5. The molecule has 0 aliphatic rings. The fourth-order valence-electron chi connectivity index (χ4n) is 2.11. The number of hydrogen-bond donors (Lipinski definition) is 1. The van der Waals surface area contributed by atoms with Crippen molar-refractivity contribution in [3.05, 3.63) is 65.5 Å². The smallest absolute Gasteiger partial charge is 0.325 e.